The number of amides is 10. The molecule has 1 rings (SSSR count). The van der Waals surface area contributed by atoms with E-state index in [9.17, 15) is 68.4 Å². The minimum absolute atomic E-state index is 0.0246. The van der Waals surface area contributed by atoms with Crippen molar-refractivity contribution < 1.29 is 68.4 Å². The van der Waals surface area contributed by atoms with Crippen molar-refractivity contribution in [3.05, 3.63) is 0 Å². The van der Waals surface area contributed by atoms with Crippen molar-refractivity contribution in [2.75, 3.05) is 45.9 Å². The molecule has 0 aromatic carbocycles. The van der Waals surface area contributed by atoms with Crippen molar-refractivity contribution in [1.82, 2.24) is 58.5 Å². The van der Waals surface area contributed by atoms with Gasteiger partial charge in [0.2, 0.25) is 59.1 Å². The Hall–Kier alpha value is -5.66. The first-order chi connectivity index (χ1) is 36.0. The summed E-state index contributed by atoms with van der Waals surface area (Å²) in [7, 11) is 0. The minimum atomic E-state index is -1.84. The average molecular weight is 1090 g/mol. The topological polar surface area (TPSA) is 488 Å². The van der Waals surface area contributed by atoms with Crippen molar-refractivity contribution in [2.24, 2.45) is 28.9 Å². The van der Waals surface area contributed by atoms with Gasteiger partial charge in [0.25, 0.3) is 0 Å². The summed E-state index contributed by atoms with van der Waals surface area (Å²) >= 11 is 0. The summed E-state index contributed by atoms with van der Waals surface area (Å²) in [4.78, 5) is 136. The fraction of sp³-hybridized carbons (Fsp3) is 0.787. The normalized spacial score (nSPS) is 23.4. The molecule has 0 aromatic heterocycles. The van der Waals surface area contributed by atoms with Gasteiger partial charge in [0.05, 0.1) is 31.4 Å². The van der Waals surface area contributed by atoms with Gasteiger partial charge >= 0.3 is 0 Å². The number of nitrogens with one attached hydrogen (secondary N) is 11. The van der Waals surface area contributed by atoms with Crippen LogP contribution in [-0.2, 0) is 47.9 Å². The van der Waals surface area contributed by atoms with Crippen LogP contribution in [-0.4, -0.2) is 198 Å². The summed E-state index contributed by atoms with van der Waals surface area (Å²) in [6, 6.07) is -13.3. The van der Waals surface area contributed by atoms with E-state index in [4.69, 9.17) is 22.9 Å². The number of aliphatic hydroxyl groups excluding tert-OH is 4. The number of carbonyl (C=O) groups excluding carboxylic acids is 10. The van der Waals surface area contributed by atoms with E-state index in [0.717, 1.165) is 25.7 Å². The monoisotopic (exact) mass is 1090 g/mol. The van der Waals surface area contributed by atoms with Gasteiger partial charge in [0.15, 0.2) is 0 Å². The molecule has 436 valence electrons. The van der Waals surface area contributed by atoms with Crippen LogP contribution in [0.4, 0.5) is 0 Å². The highest BCUT2D eigenvalue weighted by molar-refractivity contribution is 5.98. The molecule has 0 aliphatic carbocycles. The lowest BCUT2D eigenvalue weighted by Crippen LogP contribution is -2.63. The molecule has 1 fully saturated rings. The third-order valence-electron chi connectivity index (χ3n) is 12.1. The molecule has 1 aliphatic rings. The number of rotatable bonds is 27. The third-order valence-corrected chi connectivity index (χ3v) is 12.1. The van der Waals surface area contributed by atoms with E-state index >= 15 is 0 Å². The fourth-order valence-corrected chi connectivity index (χ4v) is 7.86. The highest BCUT2D eigenvalue weighted by Gasteiger charge is 2.36. The van der Waals surface area contributed by atoms with Crippen LogP contribution in [0.15, 0.2) is 0 Å². The third kappa shape index (κ3) is 25.5. The van der Waals surface area contributed by atoms with Crippen LogP contribution in [0.2, 0.25) is 0 Å². The lowest BCUT2D eigenvalue weighted by atomic mass is 10.0. The van der Waals surface area contributed by atoms with E-state index in [1.807, 2.05) is 0 Å². The first kappa shape index (κ1) is 68.4. The molecular formula is C47H89N15O14. The molecule has 76 heavy (non-hydrogen) atoms. The lowest BCUT2D eigenvalue weighted by Gasteiger charge is -2.30. The van der Waals surface area contributed by atoms with Gasteiger partial charge in [-0.2, -0.15) is 0 Å². The summed E-state index contributed by atoms with van der Waals surface area (Å²) in [5.41, 5.74) is 23.0. The van der Waals surface area contributed by atoms with E-state index < -0.39 is 152 Å². The van der Waals surface area contributed by atoms with Gasteiger partial charge in [-0.05, 0) is 90.9 Å². The Morgan fingerprint density at radius 2 is 1.20 bits per heavy atom. The van der Waals surface area contributed by atoms with Crippen LogP contribution in [0.1, 0.15) is 112 Å². The van der Waals surface area contributed by atoms with Crippen LogP contribution in [0, 0.1) is 5.92 Å². The van der Waals surface area contributed by atoms with Gasteiger partial charge in [0, 0.05) is 13.0 Å². The zero-order valence-electron chi connectivity index (χ0n) is 44.6. The Bertz CT molecular complexity index is 1860. The molecule has 1 heterocycles. The maximum atomic E-state index is 14.1. The Kier molecular flexibility index (Phi) is 33.4. The molecule has 1 saturated heterocycles. The Morgan fingerprint density at radius 1 is 0.645 bits per heavy atom. The predicted molar refractivity (Wildman–Crippen MR) is 277 cm³/mol. The summed E-state index contributed by atoms with van der Waals surface area (Å²) < 4.78 is 0. The molecular weight excluding hydrogens is 999 g/mol. The fourth-order valence-electron chi connectivity index (χ4n) is 7.86. The van der Waals surface area contributed by atoms with Crippen LogP contribution < -0.4 is 81.4 Å². The smallest absolute Gasteiger partial charge is 0.245 e. The summed E-state index contributed by atoms with van der Waals surface area (Å²) in [5, 5.41) is 69.8. The van der Waals surface area contributed by atoms with Gasteiger partial charge in [0.1, 0.15) is 54.6 Å². The Morgan fingerprint density at radius 3 is 1.72 bits per heavy atom. The molecule has 29 heteroatoms. The molecule has 10 amide bonds. The van der Waals surface area contributed by atoms with E-state index in [-0.39, 0.29) is 76.5 Å². The molecule has 0 bridgehead atoms. The van der Waals surface area contributed by atoms with Crippen molar-refractivity contribution in [2.45, 2.75) is 184 Å². The van der Waals surface area contributed by atoms with Crippen molar-refractivity contribution in [3.63, 3.8) is 0 Å². The Balaban J connectivity index is 3.60. The highest BCUT2D eigenvalue weighted by atomic mass is 16.3. The maximum absolute atomic E-state index is 14.1. The number of nitrogens with two attached hydrogens (primary N) is 4. The highest BCUT2D eigenvalue weighted by Crippen LogP contribution is 2.10. The standard InChI is InChI=1S/C47H89N15O14/c1-6-7-8-9-10-11-35(66)54-29(13-18-49)42(71)62-38(27(5)65)47(76)60-34(24-63)45(74)59-32-16-21-52-46(75)37(26(4)64)61-43(72)31(15-20-51)57-40(69)30(14-19-50)58-44(73)33(22-25(2)3)55-36(67)23-53-39(68)28(12-17-48)56-41(32)70/h25-34,37-38,42,62-65,71H,6-24,48-51H2,1-5H3,(H,52,75)(H,53,68)(H,54,66)(H,55,67)(H,56,70)(H,57,69)(H,58,73)(H,59,74)(H,60,76)(H,61,72)/t26-,27-,28+,29+,30+,31+,32+,33+,34+,37+,38+,42?/m1/s1. The lowest BCUT2D eigenvalue weighted by molar-refractivity contribution is -0.136. The second-order valence-electron chi connectivity index (χ2n) is 19.2. The summed E-state index contributed by atoms with van der Waals surface area (Å²) in [5.74, 6) is -9.30. The molecule has 0 spiro atoms. The quantitative estimate of drug-likeness (QED) is 0.0268. The first-order valence-electron chi connectivity index (χ1n) is 26.2. The second kappa shape index (κ2) is 37.2. The van der Waals surface area contributed by atoms with Gasteiger partial charge in [-0.25, -0.2) is 0 Å². The number of hydrogen-bond acceptors (Lipinski definition) is 19. The van der Waals surface area contributed by atoms with E-state index in [1.165, 1.54) is 13.8 Å². The number of unbranched alkanes of at least 4 members (excludes halogenated alkanes) is 4. The predicted octanol–water partition coefficient (Wildman–Crippen LogP) is -7.67. The summed E-state index contributed by atoms with van der Waals surface area (Å²) in [6.45, 7) is 5.29. The van der Waals surface area contributed by atoms with Crippen LogP contribution in [0.3, 0.4) is 0 Å². The second-order valence-corrected chi connectivity index (χ2v) is 19.2. The Labute approximate surface area is 444 Å². The van der Waals surface area contributed by atoms with Crippen molar-refractivity contribution in [3.8, 4) is 0 Å². The summed E-state index contributed by atoms with van der Waals surface area (Å²) in [6.07, 6.45) is -0.988. The zero-order chi connectivity index (χ0) is 57.5. The molecule has 12 atom stereocenters. The molecule has 0 saturated carbocycles. The molecule has 0 radical (unpaired) electrons. The SMILES string of the molecule is CCCCCCCC(=O)N[C@@H](CCN)C(O)N[C@H](C(=O)N[C@@H](CO)C(=O)N[C@H]1CCNC(=O)[C@H]([C@@H](C)O)NC(=O)[C@H](CCN)NC(=O)[C@H](CCN)NC(=O)[C@H](CC(C)C)NC(=O)CNC(=O)[C@H](CCN)NC1=O)[C@@H](C)O. The number of carbonyl (C=O) groups is 10. The van der Waals surface area contributed by atoms with E-state index in [1.54, 1.807) is 13.8 Å². The van der Waals surface area contributed by atoms with Gasteiger partial charge in [-0.1, -0.05) is 46.5 Å². The van der Waals surface area contributed by atoms with E-state index in [0.29, 0.717) is 6.42 Å². The van der Waals surface area contributed by atoms with E-state index in [2.05, 4.69) is 65.4 Å². The molecule has 1 aliphatic heterocycles. The first-order valence-corrected chi connectivity index (χ1v) is 26.2. The molecule has 23 N–H and O–H groups in total. The number of hydrogen-bond donors (Lipinski definition) is 19. The molecule has 1 unspecified atom stereocenters. The van der Waals surface area contributed by atoms with Gasteiger partial charge < -0.3 is 96.5 Å². The molecule has 29 nitrogen and oxygen atoms in total. The minimum Gasteiger partial charge on any atom is -0.394 e. The number of aliphatic hydroxyl groups is 4. The largest absolute Gasteiger partial charge is 0.394 e. The van der Waals surface area contributed by atoms with Gasteiger partial charge in [-0.15, -0.1) is 0 Å². The average Bonchev–Trinajstić information content (AvgIpc) is 3.35. The van der Waals surface area contributed by atoms with Crippen molar-refractivity contribution in [1.29, 1.82) is 0 Å². The van der Waals surface area contributed by atoms with Crippen LogP contribution in [0.5, 0.6) is 0 Å². The maximum Gasteiger partial charge on any atom is 0.245 e. The van der Waals surface area contributed by atoms with Crippen LogP contribution in [0.25, 0.3) is 0 Å². The van der Waals surface area contributed by atoms with Gasteiger partial charge in [-0.3, -0.25) is 53.3 Å². The molecule has 0 aromatic rings. The zero-order valence-corrected chi connectivity index (χ0v) is 44.6. The van der Waals surface area contributed by atoms with Crippen molar-refractivity contribution >= 4 is 59.1 Å². The van der Waals surface area contributed by atoms with Crippen LogP contribution >= 0.6 is 0 Å².